The van der Waals surface area contributed by atoms with E-state index in [9.17, 15) is 4.39 Å². The smallest absolute Gasteiger partial charge is 0.119 e. The third-order valence-corrected chi connectivity index (χ3v) is 1.78. The van der Waals surface area contributed by atoms with Crippen LogP contribution in [0.4, 0.5) is 4.39 Å². The van der Waals surface area contributed by atoms with Crippen molar-refractivity contribution >= 4 is 0 Å². The lowest BCUT2D eigenvalue weighted by molar-refractivity contribution is 0.0325. The normalized spacial score (nSPS) is 10.3. The van der Waals surface area contributed by atoms with Gasteiger partial charge in [-0.3, -0.25) is 0 Å². The van der Waals surface area contributed by atoms with Crippen LogP contribution in [0, 0.1) is 6.07 Å². The maximum absolute atomic E-state index is 11.6. The van der Waals surface area contributed by atoms with E-state index in [2.05, 4.69) is 6.07 Å². The van der Waals surface area contributed by atoms with E-state index in [1.165, 1.54) is 0 Å². The van der Waals surface area contributed by atoms with Crippen LogP contribution in [-0.2, 0) is 9.47 Å². The average molecular weight is 227 g/mol. The van der Waals surface area contributed by atoms with Crippen molar-refractivity contribution in [1.29, 1.82) is 0 Å². The lowest BCUT2D eigenvalue weighted by Crippen LogP contribution is -2.11. The minimum absolute atomic E-state index is 0.139. The van der Waals surface area contributed by atoms with E-state index in [1.807, 2.05) is 12.1 Å². The van der Waals surface area contributed by atoms with Gasteiger partial charge in [-0.2, -0.15) is 0 Å². The van der Waals surface area contributed by atoms with Crippen molar-refractivity contribution in [3.63, 3.8) is 0 Å². The van der Waals surface area contributed by atoms with E-state index in [-0.39, 0.29) is 6.61 Å². The Hall–Kier alpha value is -1.13. The first-order valence-corrected chi connectivity index (χ1v) is 5.24. The van der Waals surface area contributed by atoms with Crippen molar-refractivity contribution < 1.29 is 18.6 Å². The predicted molar refractivity (Wildman–Crippen MR) is 58.4 cm³/mol. The Morgan fingerprint density at radius 2 is 1.56 bits per heavy atom. The number of hydrogen-bond acceptors (Lipinski definition) is 3. The van der Waals surface area contributed by atoms with Crippen LogP contribution in [0.2, 0.25) is 0 Å². The summed E-state index contributed by atoms with van der Waals surface area (Å²) in [4.78, 5) is 0. The summed E-state index contributed by atoms with van der Waals surface area (Å²) in [5.41, 5.74) is 0. The zero-order valence-corrected chi connectivity index (χ0v) is 9.15. The maximum Gasteiger partial charge on any atom is 0.119 e. The summed E-state index contributed by atoms with van der Waals surface area (Å²) in [6.07, 6.45) is 0. The van der Waals surface area contributed by atoms with Gasteiger partial charge in [0.25, 0.3) is 0 Å². The van der Waals surface area contributed by atoms with E-state index >= 15 is 0 Å². The van der Waals surface area contributed by atoms with Crippen LogP contribution < -0.4 is 4.74 Å². The van der Waals surface area contributed by atoms with E-state index in [0.29, 0.717) is 26.4 Å². The van der Waals surface area contributed by atoms with Gasteiger partial charge in [0.15, 0.2) is 0 Å². The fourth-order valence-corrected chi connectivity index (χ4v) is 1.06. The topological polar surface area (TPSA) is 27.7 Å². The van der Waals surface area contributed by atoms with Crippen LogP contribution >= 0.6 is 0 Å². The quantitative estimate of drug-likeness (QED) is 0.603. The van der Waals surface area contributed by atoms with Crippen molar-refractivity contribution in [1.82, 2.24) is 0 Å². The molecule has 0 bridgehead atoms. The molecular weight excluding hydrogens is 211 g/mol. The first-order chi connectivity index (χ1) is 7.93. The fraction of sp³-hybridized carbons (Fsp3) is 0.500. The molecule has 4 heteroatoms. The molecule has 0 N–H and O–H groups in total. The van der Waals surface area contributed by atoms with Crippen molar-refractivity contribution in [2.75, 3.05) is 39.7 Å². The summed E-state index contributed by atoms with van der Waals surface area (Å²) >= 11 is 0. The molecule has 0 saturated carbocycles. The van der Waals surface area contributed by atoms with Crippen molar-refractivity contribution in [2.45, 2.75) is 0 Å². The Kier molecular flexibility index (Phi) is 7.38. The van der Waals surface area contributed by atoms with Crippen LogP contribution in [0.3, 0.4) is 0 Å². The molecule has 0 atom stereocenters. The number of ether oxygens (including phenoxy) is 3. The molecule has 1 aromatic rings. The second kappa shape index (κ2) is 9.12. The molecule has 89 valence electrons. The third kappa shape index (κ3) is 6.37. The van der Waals surface area contributed by atoms with Gasteiger partial charge < -0.3 is 14.2 Å². The number of halogens is 1. The van der Waals surface area contributed by atoms with Gasteiger partial charge in [0.05, 0.1) is 26.4 Å². The highest BCUT2D eigenvalue weighted by Crippen LogP contribution is 2.07. The Balaban J connectivity index is 1.89. The first-order valence-electron chi connectivity index (χ1n) is 5.24. The van der Waals surface area contributed by atoms with Gasteiger partial charge >= 0.3 is 0 Å². The molecule has 1 rings (SSSR count). The largest absolute Gasteiger partial charge is 0.491 e. The summed E-state index contributed by atoms with van der Waals surface area (Å²) in [5.74, 6) is 0.802. The van der Waals surface area contributed by atoms with Crippen molar-refractivity contribution in [3.05, 3.63) is 30.3 Å². The maximum atomic E-state index is 11.6. The lowest BCUT2D eigenvalue weighted by atomic mass is 10.3. The first kappa shape index (κ1) is 12.9. The monoisotopic (exact) mass is 227 g/mol. The van der Waals surface area contributed by atoms with Gasteiger partial charge in [0.2, 0.25) is 0 Å². The molecule has 0 aliphatic heterocycles. The molecule has 0 unspecified atom stereocenters. The lowest BCUT2D eigenvalue weighted by Gasteiger charge is -2.06. The molecule has 0 aliphatic rings. The van der Waals surface area contributed by atoms with E-state index in [0.717, 1.165) is 5.75 Å². The standard InChI is InChI=1S/C12H16FO3/c13-6-7-14-8-9-15-10-11-16-12-4-2-1-3-5-12/h2-5H,6-11H2. The fourth-order valence-electron chi connectivity index (χ4n) is 1.06. The molecule has 0 aromatic heterocycles. The molecular formula is C12H16FO3. The minimum Gasteiger partial charge on any atom is -0.491 e. The van der Waals surface area contributed by atoms with Gasteiger partial charge in [0.1, 0.15) is 19.0 Å². The summed E-state index contributed by atoms with van der Waals surface area (Å²) < 4.78 is 27.1. The van der Waals surface area contributed by atoms with Gasteiger partial charge in [-0.25, -0.2) is 4.39 Å². The molecule has 0 saturated heterocycles. The van der Waals surface area contributed by atoms with Crippen molar-refractivity contribution in [3.8, 4) is 5.75 Å². The van der Waals surface area contributed by atoms with Gasteiger partial charge in [-0.15, -0.1) is 0 Å². The van der Waals surface area contributed by atoms with Crippen LogP contribution in [0.25, 0.3) is 0 Å². The predicted octanol–water partition coefficient (Wildman–Crippen LogP) is 1.87. The molecule has 0 spiro atoms. The zero-order valence-electron chi connectivity index (χ0n) is 9.15. The van der Waals surface area contributed by atoms with Crippen LogP contribution in [-0.4, -0.2) is 39.7 Å². The second-order valence-electron chi connectivity index (χ2n) is 3.00. The third-order valence-electron chi connectivity index (χ3n) is 1.78. The average Bonchev–Trinajstić information content (AvgIpc) is 2.34. The van der Waals surface area contributed by atoms with Gasteiger partial charge in [0, 0.05) is 0 Å². The second-order valence-corrected chi connectivity index (χ2v) is 3.00. The highest BCUT2D eigenvalue weighted by Gasteiger charge is 1.92. The highest BCUT2D eigenvalue weighted by molar-refractivity contribution is 5.20. The molecule has 1 radical (unpaired) electrons. The SMILES string of the molecule is FCCOCCOCCOc1cc[c]cc1. The Labute approximate surface area is 95.1 Å². The van der Waals surface area contributed by atoms with Crippen LogP contribution in [0.15, 0.2) is 24.3 Å². The van der Waals surface area contributed by atoms with Crippen molar-refractivity contribution in [2.24, 2.45) is 0 Å². The number of alkyl halides is 1. The Morgan fingerprint density at radius 3 is 2.25 bits per heavy atom. The Bertz CT molecular complexity index is 254. The molecule has 0 heterocycles. The Morgan fingerprint density at radius 1 is 0.938 bits per heavy atom. The summed E-state index contributed by atoms with van der Waals surface area (Å²) in [5, 5.41) is 0. The van der Waals surface area contributed by atoms with E-state index in [4.69, 9.17) is 14.2 Å². The van der Waals surface area contributed by atoms with E-state index in [1.54, 1.807) is 12.1 Å². The molecule has 1 aromatic carbocycles. The van der Waals surface area contributed by atoms with Crippen LogP contribution in [0.1, 0.15) is 0 Å². The van der Waals surface area contributed by atoms with E-state index < -0.39 is 6.67 Å². The number of benzene rings is 1. The van der Waals surface area contributed by atoms with Gasteiger partial charge in [-0.1, -0.05) is 12.1 Å². The summed E-state index contributed by atoms with van der Waals surface area (Å²) in [7, 11) is 0. The highest BCUT2D eigenvalue weighted by atomic mass is 19.1. The molecule has 0 amide bonds. The van der Waals surface area contributed by atoms with Crippen LogP contribution in [0.5, 0.6) is 5.75 Å². The number of rotatable bonds is 9. The minimum atomic E-state index is -0.450. The number of hydrogen-bond donors (Lipinski definition) is 0. The zero-order chi connectivity index (χ0) is 11.5. The summed E-state index contributed by atoms with van der Waals surface area (Å²) in [6, 6.07) is 10.2. The molecule has 16 heavy (non-hydrogen) atoms. The molecule has 0 fully saturated rings. The molecule has 3 nitrogen and oxygen atoms in total. The molecule has 0 aliphatic carbocycles. The van der Waals surface area contributed by atoms with Gasteiger partial charge in [-0.05, 0) is 18.2 Å². The summed E-state index contributed by atoms with van der Waals surface area (Å²) in [6.45, 7) is 1.56.